The average molecular weight is 461 g/mol. The molecule has 0 unspecified atom stereocenters. The molecule has 0 fully saturated rings. The highest BCUT2D eigenvalue weighted by Gasteiger charge is 2.20. The molecular formula is C25H18ClFN4O2. The van der Waals surface area contributed by atoms with Gasteiger partial charge in [0, 0.05) is 11.6 Å². The molecule has 0 amide bonds. The SMILES string of the molecule is O=c1c2c(ncn2Cc2cccc(Cl)c2)n(-c2cccc(F)c2)c(=O)n1Cc1ccccc1. The van der Waals surface area contributed by atoms with Gasteiger partial charge in [0.15, 0.2) is 11.2 Å². The molecule has 8 heteroatoms. The summed E-state index contributed by atoms with van der Waals surface area (Å²) in [5, 5.41) is 0.579. The second-order valence-corrected chi connectivity index (χ2v) is 8.09. The van der Waals surface area contributed by atoms with E-state index in [4.69, 9.17) is 11.6 Å². The maximum atomic E-state index is 14.0. The molecular weight excluding hydrogens is 443 g/mol. The molecule has 164 valence electrons. The van der Waals surface area contributed by atoms with Gasteiger partial charge >= 0.3 is 5.69 Å². The van der Waals surface area contributed by atoms with E-state index in [1.165, 1.54) is 29.1 Å². The zero-order valence-electron chi connectivity index (χ0n) is 17.4. The molecule has 3 aromatic carbocycles. The van der Waals surface area contributed by atoms with Crippen molar-refractivity contribution >= 4 is 22.8 Å². The number of halogens is 2. The molecule has 5 aromatic rings. The summed E-state index contributed by atoms with van der Waals surface area (Å²) in [6.07, 6.45) is 1.51. The summed E-state index contributed by atoms with van der Waals surface area (Å²) in [6.45, 7) is 0.408. The molecule has 0 radical (unpaired) electrons. The predicted octanol–water partition coefficient (Wildman–Crippen LogP) is 4.24. The van der Waals surface area contributed by atoms with Gasteiger partial charge in [0.25, 0.3) is 5.56 Å². The monoisotopic (exact) mass is 460 g/mol. The Morgan fingerprint density at radius 3 is 2.36 bits per heavy atom. The van der Waals surface area contributed by atoms with Gasteiger partial charge in [0.05, 0.1) is 18.6 Å². The topological polar surface area (TPSA) is 61.8 Å². The van der Waals surface area contributed by atoms with Crippen LogP contribution >= 0.6 is 11.6 Å². The third kappa shape index (κ3) is 3.99. The van der Waals surface area contributed by atoms with Crippen molar-refractivity contribution in [3.8, 4) is 5.69 Å². The van der Waals surface area contributed by atoms with E-state index >= 15 is 0 Å². The highest BCUT2D eigenvalue weighted by Crippen LogP contribution is 2.17. The van der Waals surface area contributed by atoms with Gasteiger partial charge in [-0.15, -0.1) is 0 Å². The van der Waals surface area contributed by atoms with E-state index in [1.54, 1.807) is 22.8 Å². The number of imidazole rings is 1. The molecule has 0 bridgehead atoms. The molecule has 33 heavy (non-hydrogen) atoms. The summed E-state index contributed by atoms with van der Waals surface area (Å²) in [5.74, 6) is -0.494. The van der Waals surface area contributed by atoms with E-state index in [0.29, 0.717) is 17.3 Å². The van der Waals surface area contributed by atoms with E-state index < -0.39 is 17.1 Å². The predicted molar refractivity (Wildman–Crippen MR) is 126 cm³/mol. The minimum Gasteiger partial charge on any atom is -0.320 e. The minimum atomic E-state index is -0.588. The second-order valence-electron chi connectivity index (χ2n) is 7.65. The molecule has 0 aliphatic heterocycles. The third-order valence-electron chi connectivity index (χ3n) is 5.39. The molecule has 2 heterocycles. The Hall–Kier alpha value is -3.97. The number of benzene rings is 3. The zero-order chi connectivity index (χ0) is 22.9. The van der Waals surface area contributed by atoms with Gasteiger partial charge in [-0.1, -0.05) is 60.1 Å². The first-order valence-corrected chi connectivity index (χ1v) is 10.6. The lowest BCUT2D eigenvalue weighted by Crippen LogP contribution is -2.40. The van der Waals surface area contributed by atoms with Crippen molar-refractivity contribution in [2.45, 2.75) is 13.1 Å². The molecule has 0 spiro atoms. The van der Waals surface area contributed by atoms with Crippen LogP contribution in [0.25, 0.3) is 16.9 Å². The molecule has 0 saturated heterocycles. The Kier molecular flexibility index (Phi) is 5.40. The largest absolute Gasteiger partial charge is 0.337 e. The zero-order valence-corrected chi connectivity index (χ0v) is 18.1. The summed E-state index contributed by atoms with van der Waals surface area (Å²) in [5.41, 5.74) is 1.32. The molecule has 0 saturated carbocycles. The molecule has 6 nitrogen and oxygen atoms in total. The second kappa shape index (κ2) is 8.52. The minimum absolute atomic E-state index is 0.0755. The van der Waals surface area contributed by atoms with Crippen LogP contribution < -0.4 is 11.2 Å². The summed E-state index contributed by atoms with van der Waals surface area (Å²) in [7, 11) is 0. The lowest BCUT2D eigenvalue weighted by atomic mass is 10.2. The van der Waals surface area contributed by atoms with Crippen LogP contribution in [0.15, 0.2) is 94.8 Å². The van der Waals surface area contributed by atoms with Crippen LogP contribution in [0.2, 0.25) is 5.02 Å². The smallest absolute Gasteiger partial charge is 0.320 e. The molecule has 2 aromatic heterocycles. The first-order chi connectivity index (χ1) is 16.0. The number of nitrogens with zero attached hydrogens (tertiary/aromatic N) is 4. The van der Waals surface area contributed by atoms with Gasteiger partial charge in [-0.3, -0.25) is 9.36 Å². The number of fused-ring (bicyclic) bond motifs is 1. The van der Waals surface area contributed by atoms with Crippen molar-refractivity contribution in [3.05, 3.63) is 128 Å². The van der Waals surface area contributed by atoms with E-state index in [0.717, 1.165) is 15.7 Å². The van der Waals surface area contributed by atoms with Gasteiger partial charge in [-0.05, 0) is 41.5 Å². The Morgan fingerprint density at radius 2 is 1.61 bits per heavy atom. The van der Waals surface area contributed by atoms with Gasteiger partial charge < -0.3 is 4.57 Å². The van der Waals surface area contributed by atoms with Crippen molar-refractivity contribution in [3.63, 3.8) is 0 Å². The van der Waals surface area contributed by atoms with Crippen molar-refractivity contribution in [1.82, 2.24) is 18.7 Å². The van der Waals surface area contributed by atoms with Crippen molar-refractivity contribution in [1.29, 1.82) is 0 Å². The van der Waals surface area contributed by atoms with Gasteiger partial charge in [-0.2, -0.15) is 0 Å². The summed E-state index contributed by atoms with van der Waals surface area (Å²) in [6, 6.07) is 22.2. The molecule has 0 aliphatic rings. The number of hydrogen-bond acceptors (Lipinski definition) is 3. The lowest BCUT2D eigenvalue weighted by Gasteiger charge is -2.13. The summed E-state index contributed by atoms with van der Waals surface area (Å²) >= 11 is 6.12. The molecule has 5 rings (SSSR count). The molecule has 0 N–H and O–H groups in total. The number of hydrogen-bond donors (Lipinski definition) is 0. The normalized spacial score (nSPS) is 11.2. The Bertz CT molecular complexity index is 1590. The highest BCUT2D eigenvalue weighted by molar-refractivity contribution is 6.30. The lowest BCUT2D eigenvalue weighted by molar-refractivity contribution is 0.624. The molecule has 0 atom stereocenters. The van der Waals surface area contributed by atoms with Gasteiger partial charge in [0.1, 0.15) is 5.82 Å². The third-order valence-corrected chi connectivity index (χ3v) is 5.63. The Labute approximate surface area is 192 Å². The van der Waals surface area contributed by atoms with Crippen molar-refractivity contribution < 1.29 is 4.39 Å². The van der Waals surface area contributed by atoms with Gasteiger partial charge in [0.2, 0.25) is 0 Å². The standard InChI is InChI=1S/C25H18ClFN4O2/c26-19-9-4-8-18(12-19)14-29-16-28-23-22(29)24(32)30(15-17-6-2-1-3-7-17)25(33)31(23)21-11-5-10-20(27)13-21/h1-13,16H,14-15H2. The van der Waals surface area contributed by atoms with Crippen LogP contribution in [0.4, 0.5) is 4.39 Å². The quantitative estimate of drug-likeness (QED) is 0.394. The van der Waals surface area contributed by atoms with Gasteiger partial charge in [-0.25, -0.2) is 18.7 Å². The first kappa shape index (κ1) is 20.9. The fourth-order valence-electron chi connectivity index (χ4n) is 3.89. The maximum absolute atomic E-state index is 14.0. The molecule has 0 aliphatic carbocycles. The van der Waals surface area contributed by atoms with E-state index in [2.05, 4.69) is 4.98 Å². The van der Waals surface area contributed by atoms with Crippen LogP contribution in [0.1, 0.15) is 11.1 Å². The van der Waals surface area contributed by atoms with E-state index in [1.807, 2.05) is 42.5 Å². The van der Waals surface area contributed by atoms with Crippen LogP contribution in [-0.4, -0.2) is 18.7 Å². The fourth-order valence-corrected chi connectivity index (χ4v) is 4.10. The summed E-state index contributed by atoms with van der Waals surface area (Å²) in [4.78, 5) is 31.4. The van der Waals surface area contributed by atoms with Crippen LogP contribution in [0, 0.1) is 5.82 Å². The number of rotatable bonds is 5. The Balaban J connectivity index is 1.77. The van der Waals surface area contributed by atoms with E-state index in [-0.39, 0.29) is 17.7 Å². The summed E-state index contributed by atoms with van der Waals surface area (Å²) < 4.78 is 18.1. The fraction of sp³-hybridized carbons (Fsp3) is 0.0800. The van der Waals surface area contributed by atoms with Crippen LogP contribution in [-0.2, 0) is 13.1 Å². The van der Waals surface area contributed by atoms with Crippen LogP contribution in [0.3, 0.4) is 0 Å². The Morgan fingerprint density at radius 1 is 0.848 bits per heavy atom. The highest BCUT2D eigenvalue weighted by atomic mass is 35.5. The van der Waals surface area contributed by atoms with Crippen LogP contribution in [0.5, 0.6) is 0 Å². The van der Waals surface area contributed by atoms with Crippen molar-refractivity contribution in [2.75, 3.05) is 0 Å². The number of aromatic nitrogens is 4. The maximum Gasteiger partial charge on any atom is 0.337 e. The van der Waals surface area contributed by atoms with E-state index in [9.17, 15) is 14.0 Å². The average Bonchev–Trinajstić information content (AvgIpc) is 3.21. The van der Waals surface area contributed by atoms with Crippen molar-refractivity contribution in [2.24, 2.45) is 0 Å². The first-order valence-electron chi connectivity index (χ1n) is 10.3.